The van der Waals surface area contributed by atoms with E-state index in [-0.39, 0.29) is 17.5 Å². The second-order valence-corrected chi connectivity index (χ2v) is 7.46. The SMILES string of the molecule is CCc1ccc(-n2c(C)cc(/C=C(/C#N)C(=O)N[C@@H](C)c3ccccc3)c2C)cc1. The van der Waals surface area contributed by atoms with E-state index in [0.717, 1.165) is 34.6 Å². The Morgan fingerprint density at radius 3 is 2.40 bits per heavy atom. The molecule has 0 fully saturated rings. The Bertz CT molecular complexity index is 1100. The molecule has 1 aromatic heterocycles. The van der Waals surface area contributed by atoms with Gasteiger partial charge in [-0.2, -0.15) is 5.26 Å². The Morgan fingerprint density at radius 2 is 1.80 bits per heavy atom. The molecule has 0 aliphatic carbocycles. The van der Waals surface area contributed by atoms with Gasteiger partial charge in [0.1, 0.15) is 11.6 Å². The van der Waals surface area contributed by atoms with E-state index in [0.29, 0.717) is 0 Å². The Kier molecular flexibility index (Phi) is 6.54. The zero-order valence-electron chi connectivity index (χ0n) is 17.9. The van der Waals surface area contributed by atoms with Crippen LogP contribution in [-0.2, 0) is 11.2 Å². The summed E-state index contributed by atoms with van der Waals surface area (Å²) in [5.41, 5.74) is 6.37. The van der Waals surface area contributed by atoms with Gasteiger partial charge in [0.2, 0.25) is 0 Å². The number of nitriles is 1. The molecule has 4 heteroatoms. The highest BCUT2D eigenvalue weighted by atomic mass is 16.1. The summed E-state index contributed by atoms with van der Waals surface area (Å²) in [5, 5.41) is 12.5. The van der Waals surface area contributed by atoms with Crippen LogP contribution in [0.25, 0.3) is 11.8 Å². The number of benzene rings is 2. The zero-order chi connectivity index (χ0) is 21.7. The highest BCUT2D eigenvalue weighted by Crippen LogP contribution is 2.23. The summed E-state index contributed by atoms with van der Waals surface area (Å²) in [7, 11) is 0. The van der Waals surface area contributed by atoms with Crippen LogP contribution < -0.4 is 5.32 Å². The number of aromatic nitrogens is 1. The molecular formula is C26H27N3O. The lowest BCUT2D eigenvalue weighted by Crippen LogP contribution is -2.27. The third-order valence-corrected chi connectivity index (χ3v) is 5.39. The molecule has 0 bridgehead atoms. The maximum Gasteiger partial charge on any atom is 0.262 e. The van der Waals surface area contributed by atoms with Crippen molar-refractivity contribution in [1.82, 2.24) is 9.88 Å². The van der Waals surface area contributed by atoms with Crippen LogP contribution in [0.1, 0.15) is 48.0 Å². The minimum atomic E-state index is -0.369. The summed E-state index contributed by atoms with van der Waals surface area (Å²) in [6.45, 7) is 8.08. The fraction of sp³-hybridized carbons (Fsp3) is 0.231. The lowest BCUT2D eigenvalue weighted by molar-refractivity contribution is -0.117. The molecule has 3 aromatic rings. The average Bonchev–Trinajstić information content (AvgIpc) is 3.05. The monoisotopic (exact) mass is 397 g/mol. The molecule has 2 aromatic carbocycles. The van der Waals surface area contributed by atoms with E-state index in [1.54, 1.807) is 6.08 Å². The van der Waals surface area contributed by atoms with Gasteiger partial charge in [-0.25, -0.2) is 0 Å². The van der Waals surface area contributed by atoms with Crippen LogP contribution in [0.2, 0.25) is 0 Å². The van der Waals surface area contributed by atoms with E-state index in [2.05, 4.69) is 47.1 Å². The van der Waals surface area contributed by atoms with Crippen LogP contribution in [0.15, 0.2) is 66.2 Å². The standard InChI is InChI=1S/C26H27N3O/c1-5-21-11-13-25(14-12-21)29-18(2)15-23(20(29)4)16-24(17-27)26(30)28-19(3)22-9-7-6-8-10-22/h6-16,19H,5H2,1-4H3,(H,28,30)/b24-16-/t19-/m0/s1. The van der Waals surface area contributed by atoms with Gasteiger partial charge in [-0.3, -0.25) is 4.79 Å². The molecule has 0 spiro atoms. The first kappa shape index (κ1) is 21.1. The Balaban J connectivity index is 1.87. The molecule has 0 aliphatic heterocycles. The van der Waals surface area contributed by atoms with Gasteiger partial charge in [0.05, 0.1) is 6.04 Å². The third-order valence-electron chi connectivity index (χ3n) is 5.39. The van der Waals surface area contributed by atoms with Crippen molar-refractivity contribution >= 4 is 12.0 Å². The van der Waals surface area contributed by atoms with E-state index < -0.39 is 0 Å². The number of nitrogens with zero attached hydrogens (tertiary/aromatic N) is 2. The van der Waals surface area contributed by atoms with Gasteiger partial charge in [-0.15, -0.1) is 0 Å². The fourth-order valence-corrected chi connectivity index (χ4v) is 3.62. The molecule has 0 saturated heterocycles. The first-order valence-corrected chi connectivity index (χ1v) is 10.2. The van der Waals surface area contributed by atoms with Crippen LogP contribution in [0, 0.1) is 25.2 Å². The quantitative estimate of drug-likeness (QED) is 0.445. The maximum atomic E-state index is 12.7. The molecule has 1 amide bonds. The van der Waals surface area contributed by atoms with Crippen molar-refractivity contribution < 1.29 is 4.79 Å². The minimum absolute atomic E-state index is 0.0966. The van der Waals surface area contributed by atoms with Gasteiger partial charge in [0.25, 0.3) is 5.91 Å². The van der Waals surface area contributed by atoms with Gasteiger partial charge in [0.15, 0.2) is 0 Å². The highest BCUT2D eigenvalue weighted by molar-refractivity contribution is 6.02. The molecule has 1 atom stereocenters. The number of hydrogen-bond donors (Lipinski definition) is 1. The number of rotatable bonds is 6. The second-order valence-electron chi connectivity index (χ2n) is 7.46. The predicted molar refractivity (Wildman–Crippen MR) is 121 cm³/mol. The number of hydrogen-bond acceptors (Lipinski definition) is 2. The zero-order valence-corrected chi connectivity index (χ0v) is 17.9. The van der Waals surface area contributed by atoms with Crippen LogP contribution in [0.5, 0.6) is 0 Å². The normalized spacial score (nSPS) is 12.3. The molecule has 3 rings (SSSR count). The van der Waals surface area contributed by atoms with Crippen molar-refractivity contribution in [2.45, 2.75) is 40.2 Å². The third kappa shape index (κ3) is 4.52. The second kappa shape index (κ2) is 9.28. The number of amides is 1. The van der Waals surface area contributed by atoms with E-state index in [1.165, 1.54) is 5.56 Å². The lowest BCUT2D eigenvalue weighted by atomic mass is 10.1. The van der Waals surface area contributed by atoms with Crippen molar-refractivity contribution in [2.75, 3.05) is 0 Å². The molecule has 1 heterocycles. The van der Waals surface area contributed by atoms with Gasteiger partial charge in [-0.05, 0) is 68.2 Å². The summed E-state index contributed by atoms with van der Waals surface area (Å²) >= 11 is 0. The summed E-state index contributed by atoms with van der Waals surface area (Å²) in [5.74, 6) is -0.369. The van der Waals surface area contributed by atoms with Crippen molar-refractivity contribution in [2.24, 2.45) is 0 Å². The largest absolute Gasteiger partial charge is 0.345 e. The molecule has 0 unspecified atom stereocenters. The lowest BCUT2D eigenvalue weighted by Gasteiger charge is -2.13. The van der Waals surface area contributed by atoms with Crippen LogP contribution >= 0.6 is 0 Å². The Hall–Kier alpha value is -3.58. The van der Waals surface area contributed by atoms with Crippen molar-refractivity contribution in [1.29, 1.82) is 5.26 Å². The van der Waals surface area contributed by atoms with Crippen molar-refractivity contribution in [3.05, 3.63) is 94.3 Å². The summed E-state index contributed by atoms with van der Waals surface area (Å²) < 4.78 is 2.14. The molecule has 4 nitrogen and oxygen atoms in total. The average molecular weight is 398 g/mol. The van der Waals surface area contributed by atoms with Gasteiger partial charge >= 0.3 is 0 Å². The maximum absolute atomic E-state index is 12.7. The molecule has 1 N–H and O–H groups in total. The number of nitrogens with one attached hydrogen (secondary N) is 1. The molecule has 30 heavy (non-hydrogen) atoms. The number of carbonyl (C=O) groups excluding carboxylic acids is 1. The molecule has 0 saturated carbocycles. The molecular weight excluding hydrogens is 370 g/mol. The van der Waals surface area contributed by atoms with Gasteiger partial charge < -0.3 is 9.88 Å². The fourth-order valence-electron chi connectivity index (χ4n) is 3.62. The molecule has 152 valence electrons. The van der Waals surface area contributed by atoms with Gasteiger partial charge in [-0.1, -0.05) is 49.4 Å². The molecule has 0 radical (unpaired) electrons. The Morgan fingerprint density at radius 1 is 1.13 bits per heavy atom. The summed E-state index contributed by atoms with van der Waals surface area (Å²) in [6.07, 6.45) is 2.67. The smallest absolute Gasteiger partial charge is 0.262 e. The minimum Gasteiger partial charge on any atom is -0.345 e. The predicted octanol–water partition coefficient (Wildman–Crippen LogP) is 5.44. The number of aryl methyl sites for hydroxylation is 2. The van der Waals surface area contributed by atoms with Gasteiger partial charge in [0, 0.05) is 17.1 Å². The van der Waals surface area contributed by atoms with Crippen LogP contribution in [0.3, 0.4) is 0 Å². The highest BCUT2D eigenvalue weighted by Gasteiger charge is 2.16. The summed E-state index contributed by atoms with van der Waals surface area (Å²) in [6, 6.07) is 22.1. The topological polar surface area (TPSA) is 57.8 Å². The van der Waals surface area contributed by atoms with Crippen LogP contribution in [0.4, 0.5) is 0 Å². The first-order valence-electron chi connectivity index (χ1n) is 10.2. The van der Waals surface area contributed by atoms with Crippen molar-refractivity contribution in [3.63, 3.8) is 0 Å². The molecule has 0 aliphatic rings. The Labute approximate surface area is 178 Å². The van der Waals surface area contributed by atoms with Crippen LogP contribution in [-0.4, -0.2) is 10.5 Å². The number of carbonyl (C=O) groups is 1. The van der Waals surface area contributed by atoms with E-state index >= 15 is 0 Å². The van der Waals surface area contributed by atoms with E-state index in [9.17, 15) is 10.1 Å². The van der Waals surface area contributed by atoms with E-state index in [1.807, 2.05) is 57.2 Å². The summed E-state index contributed by atoms with van der Waals surface area (Å²) in [4.78, 5) is 12.7. The van der Waals surface area contributed by atoms with E-state index in [4.69, 9.17) is 0 Å². The first-order chi connectivity index (χ1) is 14.4. The van der Waals surface area contributed by atoms with Crippen molar-refractivity contribution in [3.8, 4) is 11.8 Å².